The molecule has 2 unspecified atom stereocenters. The fourth-order valence-corrected chi connectivity index (χ4v) is 13.8. The molecule has 0 spiro atoms. The first-order valence-corrected chi connectivity index (χ1v) is 45.3. The second-order valence-corrected chi connectivity index (χ2v) is 32.3. The van der Waals surface area contributed by atoms with Crippen molar-refractivity contribution < 1.29 is 131 Å². The van der Waals surface area contributed by atoms with Crippen LogP contribution in [0.3, 0.4) is 0 Å². The number of hydrogen-bond acceptors (Lipinski definition) is 27. The van der Waals surface area contributed by atoms with Gasteiger partial charge in [-0.3, -0.25) is 95.9 Å². The average Bonchev–Trinajstić information content (AvgIpc) is 0.587. The van der Waals surface area contributed by atoms with Crippen LogP contribution in [0.25, 0.3) is 0 Å². The molecule has 0 aliphatic carbocycles. The van der Waals surface area contributed by atoms with E-state index in [0.717, 1.165) is 63.1 Å². The fourth-order valence-electron chi connectivity index (χ4n) is 12.6. The van der Waals surface area contributed by atoms with E-state index in [1.807, 2.05) is 21.3 Å². The minimum absolute atomic E-state index is 0.0636. The summed E-state index contributed by atoms with van der Waals surface area (Å²) in [5.74, 6) is -25.4. The lowest BCUT2D eigenvalue weighted by Crippen LogP contribution is -2.61. The maximum Gasteiger partial charge on any atom is 0.322 e. The van der Waals surface area contributed by atoms with Crippen LogP contribution < -0.4 is 87.2 Å². The van der Waals surface area contributed by atoms with E-state index in [-0.39, 0.29) is 62.5 Å². The standard InChI is InChI=1S/C81H140N16O27S2/c1-3-5-7-9-11-13-15-17-19-21-23-25-27-32-70(111)123-47-51(124-71(112)33-28-26-24-22-20-18-16-14-12-10-8-6-4-2)49-126-50-52(83)72(113)97-61(48-125)74(115)87-44-65(102)89-54(34-37-62(84)99)76(117)94-59(43-68(107)108)80(121)96-60(46-98)81(122)95-58(42-67(105)106)79(120)92-56(36-39-64(86)101)78(119)91-55(35-38-63(85)100)77(118)90-53(31-29-30-40-82)75(116)93-57(41-66(103)104)73(114)88-45-69(109)110/h51-61,98,125H,3-50,82-83H2,1-2H3,(H2,84,99)(H2,85,100)(H2,86,101)(H,87,115)(H,88,114)(H,89,102)(H,90,118)(H,91,119)(H,92,120)(H,93,116)(H,94,117)(H,95,122)(H,96,121)(H,97,113)(H,103,104)(H,105,106)(H,107,108)(H,109,110)/t51?,52?,53-,54-,55-,56-,57-,58-,59-,60-,61-/m0/s1. The van der Waals surface area contributed by atoms with Crippen LogP contribution in [-0.4, -0.2) is 261 Å². The van der Waals surface area contributed by atoms with E-state index in [0.29, 0.717) is 12.8 Å². The summed E-state index contributed by atoms with van der Waals surface area (Å²) >= 11 is 5.29. The van der Waals surface area contributed by atoms with Crippen molar-refractivity contribution >= 4 is 143 Å². The Morgan fingerprint density at radius 3 is 1.02 bits per heavy atom. The van der Waals surface area contributed by atoms with Gasteiger partial charge in [0.25, 0.3) is 0 Å². The number of thioether (sulfide) groups is 1. The van der Waals surface area contributed by atoms with E-state index in [1.165, 1.54) is 103 Å². The molecule has 0 aromatic heterocycles. The Labute approximate surface area is 744 Å². The van der Waals surface area contributed by atoms with Crippen LogP contribution >= 0.6 is 24.4 Å². The number of aliphatic hydroxyl groups excluding tert-OH is 1. The van der Waals surface area contributed by atoms with Crippen LogP contribution in [0.1, 0.15) is 271 Å². The van der Waals surface area contributed by atoms with Gasteiger partial charge in [0, 0.05) is 49.4 Å². The molecule has 718 valence electrons. The highest BCUT2D eigenvalue weighted by atomic mass is 32.2. The van der Waals surface area contributed by atoms with Crippen molar-refractivity contribution in [1.29, 1.82) is 0 Å². The van der Waals surface area contributed by atoms with Crippen molar-refractivity contribution in [1.82, 2.24) is 58.5 Å². The van der Waals surface area contributed by atoms with Crippen LogP contribution in [0.4, 0.5) is 0 Å². The molecule has 0 fully saturated rings. The molecule has 0 aliphatic rings. The van der Waals surface area contributed by atoms with Gasteiger partial charge < -0.3 is 122 Å². The lowest BCUT2D eigenvalue weighted by molar-refractivity contribution is -0.157. The zero-order chi connectivity index (χ0) is 94.7. The van der Waals surface area contributed by atoms with Gasteiger partial charge in [-0.25, -0.2) is 0 Å². The number of aliphatic hydroxyl groups is 1. The van der Waals surface area contributed by atoms with Crippen LogP contribution in [0.5, 0.6) is 0 Å². The largest absolute Gasteiger partial charge is 0.481 e. The Balaban J connectivity index is 6.36. The molecule has 45 heteroatoms. The van der Waals surface area contributed by atoms with Crippen molar-refractivity contribution in [2.75, 3.05) is 50.1 Å². The molecule has 0 aromatic carbocycles. The third-order valence-electron chi connectivity index (χ3n) is 19.7. The van der Waals surface area contributed by atoms with Gasteiger partial charge in [-0.1, -0.05) is 168 Å². The lowest BCUT2D eigenvalue weighted by atomic mass is 10.0. The normalized spacial score (nSPS) is 13.6. The highest BCUT2D eigenvalue weighted by molar-refractivity contribution is 7.99. The van der Waals surface area contributed by atoms with Crippen LogP contribution in [0, 0.1) is 0 Å². The van der Waals surface area contributed by atoms with Crippen LogP contribution in [0.2, 0.25) is 0 Å². The van der Waals surface area contributed by atoms with Crippen molar-refractivity contribution in [3.63, 3.8) is 0 Å². The molecule has 0 aliphatic heterocycles. The summed E-state index contributed by atoms with van der Waals surface area (Å²) in [6.07, 6.45) is 21.0. The van der Waals surface area contributed by atoms with Crippen LogP contribution in [-0.2, 0) is 105 Å². The minimum atomic E-state index is -2.30. The highest BCUT2D eigenvalue weighted by Crippen LogP contribution is 2.19. The predicted molar refractivity (Wildman–Crippen MR) is 464 cm³/mol. The number of hydrogen-bond donors (Lipinski definition) is 22. The highest BCUT2D eigenvalue weighted by Gasteiger charge is 2.38. The number of nitrogens with one attached hydrogen (secondary N) is 11. The molecule has 0 radical (unpaired) electrons. The van der Waals surface area contributed by atoms with Gasteiger partial charge in [0.1, 0.15) is 73.6 Å². The van der Waals surface area contributed by atoms with Crippen LogP contribution in [0.15, 0.2) is 0 Å². The SMILES string of the molecule is CCCCCCCCCCCCCCCC(=O)OCC(CSCC(N)C(=O)N[C@@H](CS)C(=O)NCC(=O)N[C@@H](CCC(N)=O)C(=O)N[C@@H](CC(=O)O)C(=O)N[C@@H](CO)C(=O)N[C@@H](CC(=O)O)C(=O)N[C@@H](CCC(N)=O)C(=O)N[C@@H](CCC(N)=O)C(=O)N[C@@H](CCCCN)C(=O)N[C@@H](CC(=O)O)C(=O)NCC(=O)O)OC(=O)CCCCCCCCCCCCCCC. The molecule has 43 nitrogen and oxygen atoms in total. The zero-order valence-electron chi connectivity index (χ0n) is 72.8. The van der Waals surface area contributed by atoms with Crippen molar-refractivity contribution in [2.45, 2.75) is 337 Å². The number of carbonyl (C=O) groups excluding carboxylic acids is 16. The summed E-state index contributed by atoms with van der Waals surface area (Å²) in [6, 6.07) is -18.9. The van der Waals surface area contributed by atoms with Gasteiger partial charge in [0.05, 0.1) is 38.5 Å². The lowest BCUT2D eigenvalue weighted by Gasteiger charge is -2.27. The van der Waals surface area contributed by atoms with E-state index < -0.39 is 263 Å². The third-order valence-corrected chi connectivity index (χ3v) is 21.2. The third kappa shape index (κ3) is 59.0. The number of amides is 14. The minimum Gasteiger partial charge on any atom is -0.481 e. The number of rotatable bonds is 79. The van der Waals surface area contributed by atoms with Gasteiger partial charge in [-0.05, 0) is 57.9 Å². The fraction of sp³-hybridized carbons (Fsp3) is 0.753. The number of ether oxygens (including phenoxy) is 2. The smallest absolute Gasteiger partial charge is 0.322 e. The molecule has 0 rings (SSSR count). The molecule has 26 N–H and O–H groups in total. The van der Waals surface area contributed by atoms with Gasteiger partial charge in [-0.2, -0.15) is 24.4 Å². The van der Waals surface area contributed by atoms with Gasteiger partial charge in [0.2, 0.25) is 82.7 Å². The summed E-state index contributed by atoms with van der Waals surface area (Å²) in [5, 5.41) is 71.8. The Morgan fingerprint density at radius 2 is 0.659 bits per heavy atom. The molecule has 0 bridgehead atoms. The van der Waals surface area contributed by atoms with Crippen molar-refractivity contribution in [2.24, 2.45) is 28.7 Å². The molecule has 126 heavy (non-hydrogen) atoms. The van der Waals surface area contributed by atoms with Gasteiger partial charge >= 0.3 is 35.8 Å². The number of carboxylic acid groups (broad SMARTS) is 4. The molecular formula is C81H140N16O27S2. The Kier molecular flexibility index (Phi) is 65.4. The summed E-state index contributed by atoms with van der Waals surface area (Å²) < 4.78 is 11.4. The first kappa shape index (κ1) is 116. The molecule has 0 saturated heterocycles. The number of nitrogens with two attached hydrogens (primary N) is 5. The molecular weight excluding hydrogens is 1690 g/mol. The summed E-state index contributed by atoms with van der Waals surface area (Å²) in [5.41, 5.74) is 27.9. The number of primary amides is 3. The van der Waals surface area contributed by atoms with Gasteiger partial charge in [0.15, 0.2) is 0 Å². The number of unbranched alkanes of at least 4 members (excludes halogenated alkanes) is 25. The number of aliphatic carboxylic acids is 4. The molecule has 11 atom stereocenters. The van der Waals surface area contributed by atoms with E-state index in [4.69, 9.17) is 43.2 Å². The number of esters is 2. The summed E-state index contributed by atoms with van der Waals surface area (Å²) in [4.78, 5) is 260. The number of carboxylic acids is 4. The predicted octanol–water partition coefficient (Wildman–Crippen LogP) is -0.584. The monoisotopic (exact) mass is 1830 g/mol. The molecule has 0 saturated carbocycles. The Morgan fingerprint density at radius 1 is 0.341 bits per heavy atom. The summed E-state index contributed by atoms with van der Waals surface area (Å²) in [6.45, 7) is 0.893. The van der Waals surface area contributed by atoms with Crippen molar-refractivity contribution in [3.05, 3.63) is 0 Å². The molecule has 0 aromatic rings. The Bertz CT molecular complexity index is 3420. The second-order valence-electron chi connectivity index (χ2n) is 30.8. The maximum atomic E-state index is 14.1. The first-order chi connectivity index (χ1) is 59.9. The maximum absolute atomic E-state index is 14.1. The second kappa shape index (κ2) is 71.1. The van der Waals surface area contributed by atoms with E-state index in [1.54, 1.807) is 0 Å². The van der Waals surface area contributed by atoms with Gasteiger partial charge in [-0.15, -0.1) is 0 Å². The summed E-state index contributed by atoms with van der Waals surface area (Å²) in [7, 11) is 0. The van der Waals surface area contributed by atoms with E-state index in [9.17, 15) is 116 Å². The molecule has 14 amide bonds. The Hall–Kier alpha value is -10.0. The van der Waals surface area contributed by atoms with E-state index >= 15 is 0 Å². The van der Waals surface area contributed by atoms with E-state index in [2.05, 4.69) is 63.7 Å². The average molecular weight is 1830 g/mol. The number of thiol groups is 1. The zero-order valence-corrected chi connectivity index (χ0v) is 74.5. The molecule has 0 heterocycles. The van der Waals surface area contributed by atoms with Crippen molar-refractivity contribution in [3.8, 4) is 0 Å². The first-order valence-electron chi connectivity index (χ1n) is 43.5. The number of carbonyl (C=O) groups is 20. The topological polar surface area (TPSA) is 723 Å². The quantitative estimate of drug-likeness (QED) is 0.0206.